The summed E-state index contributed by atoms with van der Waals surface area (Å²) >= 11 is 0. The molecule has 5 heteroatoms. The summed E-state index contributed by atoms with van der Waals surface area (Å²) in [5.41, 5.74) is 2.79. The van der Waals surface area contributed by atoms with Gasteiger partial charge in [-0.25, -0.2) is 0 Å². The van der Waals surface area contributed by atoms with Crippen molar-refractivity contribution in [1.82, 2.24) is 5.32 Å². The molecule has 0 radical (unpaired) electrons. The highest BCUT2D eigenvalue weighted by Gasteiger charge is 2.04. The summed E-state index contributed by atoms with van der Waals surface area (Å²) in [4.78, 5) is 22.9. The van der Waals surface area contributed by atoms with Crippen molar-refractivity contribution in [2.45, 2.75) is 26.7 Å². The Bertz CT molecular complexity index is 711. The van der Waals surface area contributed by atoms with E-state index in [1.54, 1.807) is 12.1 Å². The van der Waals surface area contributed by atoms with Crippen LogP contribution in [0.15, 0.2) is 48.5 Å². The van der Waals surface area contributed by atoms with Crippen LogP contribution in [0.5, 0.6) is 5.75 Å². The number of hydrogen-bond donors (Lipinski definition) is 2. The average molecular weight is 340 g/mol. The number of carbonyl (C=O) groups excluding carboxylic acids is 2. The summed E-state index contributed by atoms with van der Waals surface area (Å²) in [7, 11) is 0. The van der Waals surface area contributed by atoms with E-state index in [2.05, 4.69) is 10.6 Å². The van der Waals surface area contributed by atoms with Gasteiger partial charge in [-0.15, -0.1) is 0 Å². The molecule has 0 aromatic heterocycles. The maximum absolute atomic E-state index is 11.9. The van der Waals surface area contributed by atoms with Gasteiger partial charge >= 0.3 is 0 Å². The molecule has 0 atom stereocenters. The van der Waals surface area contributed by atoms with E-state index in [0.29, 0.717) is 19.6 Å². The third kappa shape index (κ3) is 7.08. The standard InChI is InChI=1S/C20H24N2O3/c1-15-5-3-6-19(13-15)25-12-4-11-21-20(24)14-17-7-9-18(10-8-17)22-16(2)23/h3,5-10,13H,4,11-12,14H2,1-2H3,(H,21,24)(H,22,23). The molecule has 2 N–H and O–H groups in total. The Kier molecular flexibility index (Phi) is 7.01. The maximum atomic E-state index is 11.9. The number of anilines is 1. The van der Waals surface area contributed by atoms with Crippen LogP contribution in [0, 0.1) is 6.92 Å². The number of nitrogens with one attached hydrogen (secondary N) is 2. The van der Waals surface area contributed by atoms with E-state index < -0.39 is 0 Å². The van der Waals surface area contributed by atoms with Crippen LogP contribution < -0.4 is 15.4 Å². The summed E-state index contributed by atoms with van der Waals surface area (Å²) in [5, 5.41) is 5.58. The molecule has 0 aliphatic heterocycles. The molecule has 0 spiro atoms. The maximum Gasteiger partial charge on any atom is 0.224 e. The summed E-state index contributed by atoms with van der Waals surface area (Å²) in [5.74, 6) is 0.715. The van der Waals surface area contributed by atoms with Gasteiger partial charge < -0.3 is 15.4 Å². The third-order valence-electron chi connectivity index (χ3n) is 3.54. The van der Waals surface area contributed by atoms with Crippen LogP contribution in [0.25, 0.3) is 0 Å². The monoisotopic (exact) mass is 340 g/mol. The zero-order chi connectivity index (χ0) is 18.1. The first-order valence-corrected chi connectivity index (χ1v) is 8.35. The Morgan fingerprint density at radius 3 is 2.52 bits per heavy atom. The quantitative estimate of drug-likeness (QED) is 0.726. The van der Waals surface area contributed by atoms with E-state index in [9.17, 15) is 9.59 Å². The lowest BCUT2D eigenvalue weighted by Crippen LogP contribution is -2.27. The van der Waals surface area contributed by atoms with Crippen molar-refractivity contribution in [2.24, 2.45) is 0 Å². The van der Waals surface area contributed by atoms with E-state index in [0.717, 1.165) is 29.0 Å². The summed E-state index contributed by atoms with van der Waals surface area (Å²) in [6.07, 6.45) is 1.07. The highest BCUT2D eigenvalue weighted by atomic mass is 16.5. The molecule has 0 heterocycles. The van der Waals surface area contributed by atoms with E-state index in [4.69, 9.17) is 4.74 Å². The molecular formula is C20H24N2O3. The highest BCUT2D eigenvalue weighted by molar-refractivity contribution is 5.88. The van der Waals surface area contributed by atoms with Gasteiger partial charge in [0.1, 0.15) is 5.75 Å². The molecule has 0 fully saturated rings. The van der Waals surface area contributed by atoms with Crippen molar-refractivity contribution in [1.29, 1.82) is 0 Å². The molecule has 132 valence electrons. The molecule has 0 saturated carbocycles. The van der Waals surface area contributed by atoms with Crippen molar-refractivity contribution in [3.8, 4) is 5.75 Å². The number of benzene rings is 2. The molecule has 25 heavy (non-hydrogen) atoms. The average Bonchev–Trinajstić information content (AvgIpc) is 2.56. The van der Waals surface area contributed by atoms with Gasteiger partial charge in [-0.3, -0.25) is 9.59 Å². The fourth-order valence-electron chi connectivity index (χ4n) is 2.35. The smallest absolute Gasteiger partial charge is 0.224 e. The topological polar surface area (TPSA) is 67.4 Å². The second-order valence-electron chi connectivity index (χ2n) is 5.92. The molecule has 0 bridgehead atoms. The third-order valence-corrected chi connectivity index (χ3v) is 3.54. The molecular weight excluding hydrogens is 316 g/mol. The van der Waals surface area contributed by atoms with Crippen molar-refractivity contribution in [3.05, 3.63) is 59.7 Å². The number of carbonyl (C=O) groups is 2. The highest BCUT2D eigenvalue weighted by Crippen LogP contribution is 2.12. The lowest BCUT2D eigenvalue weighted by Gasteiger charge is -2.08. The lowest BCUT2D eigenvalue weighted by atomic mass is 10.1. The van der Waals surface area contributed by atoms with Crippen molar-refractivity contribution < 1.29 is 14.3 Å². The van der Waals surface area contributed by atoms with Crippen LogP contribution in [0.1, 0.15) is 24.5 Å². The van der Waals surface area contributed by atoms with Crippen molar-refractivity contribution in [2.75, 3.05) is 18.5 Å². The van der Waals surface area contributed by atoms with Gasteiger partial charge in [0.2, 0.25) is 11.8 Å². The molecule has 5 nitrogen and oxygen atoms in total. The van der Waals surface area contributed by atoms with Crippen molar-refractivity contribution in [3.63, 3.8) is 0 Å². The van der Waals surface area contributed by atoms with Gasteiger partial charge in [-0.05, 0) is 48.7 Å². The zero-order valence-electron chi connectivity index (χ0n) is 14.7. The Labute approximate surface area is 148 Å². The minimum absolute atomic E-state index is 0.0252. The molecule has 0 unspecified atom stereocenters. The second-order valence-corrected chi connectivity index (χ2v) is 5.92. The first-order valence-electron chi connectivity index (χ1n) is 8.35. The normalized spacial score (nSPS) is 10.2. The molecule has 0 saturated heterocycles. The predicted molar refractivity (Wildman–Crippen MR) is 98.8 cm³/mol. The van der Waals surface area contributed by atoms with Gasteiger partial charge in [0.15, 0.2) is 0 Å². The first kappa shape index (κ1) is 18.5. The largest absolute Gasteiger partial charge is 0.494 e. The number of aryl methyl sites for hydroxylation is 1. The van der Waals surface area contributed by atoms with Gasteiger partial charge in [-0.1, -0.05) is 24.3 Å². The Morgan fingerprint density at radius 1 is 1.08 bits per heavy atom. The minimum Gasteiger partial charge on any atom is -0.494 e. The number of ether oxygens (including phenoxy) is 1. The first-order chi connectivity index (χ1) is 12.0. The minimum atomic E-state index is -0.113. The Balaban J connectivity index is 1.64. The summed E-state index contributed by atoms with van der Waals surface area (Å²) in [6.45, 7) is 4.63. The molecule has 0 aliphatic carbocycles. The Morgan fingerprint density at radius 2 is 1.84 bits per heavy atom. The van der Waals surface area contributed by atoms with E-state index in [-0.39, 0.29) is 11.8 Å². The van der Waals surface area contributed by atoms with Crippen LogP contribution in [-0.4, -0.2) is 25.0 Å². The van der Waals surface area contributed by atoms with Crippen LogP contribution >= 0.6 is 0 Å². The number of amides is 2. The lowest BCUT2D eigenvalue weighted by molar-refractivity contribution is -0.120. The van der Waals surface area contributed by atoms with Crippen LogP contribution in [0.2, 0.25) is 0 Å². The molecule has 2 rings (SSSR count). The zero-order valence-corrected chi connectivity index (χ0v) is 14.7. The van der Waals surface area contributed by atoms with Crippen LogP contribution in [-0.2, 0) is 16.0 Å². The molecule has 2 aromatic carbocycles. The fraction of sp³-hybridized carbons (Fsp3) is 0.300. The van der Waals surface area contributed by atoms with Gasteiger partial charge in [-0.2, -0.15) is 0 Å². The van der Waals surface area contributed by atoms with Gasteiger partial charge in [0.05, 0.1) is 13.0 Å². The van der Waals surface area contributed by atoms with E-state index in [1.807, 2.05) is 43.3 Å². The molecule has 0 aliphatic rings. The molecule has 2 amide bonds. The fourth-order valence-corrected chi connectivity index (χ4v) is 2.35. The summed E-state index contributed by atoms with van der Waals surface area (Å²) < 4.78 is 5.65. The Hall–Kier alpha value is -2.82. The van der Waals surface area contributed by atoms with Crippen LogP contribution in [0.3, 0.4) is 0 Å². The van der Waals surface area contributed by atoms with E-state index >= 15 is 0 Å². The second kappa shape index (κ2) is 9.47. The van der Waals surface area contributed by atoms with Gasteiger partial charge in [0.25, 0.3) is 0 Å². The van der Waals surface area contributed by atoms with E-state index in [1.165, 1.54) is 6.92 Å². The summed E-state index contributed by atoms with van der Waals surface area (Å²) in [6, 6.07) is 15.2. The number of hydrogen-bond acceptors (Lipinski definition) is 3. The molecule has 2 aromatic rings. The van der Waals surface area contributed by atoms with Crippen molar-refractivity contribution >= 4 is 17.5 Å². The van der Waals surface area contributed by atoms with Gasteiger partial charge in [0, 0.05) is 19.2 Å². The number of rotatable bonds is 8. The van der Waals surface area contributed by atoms with Crippen LogP contribution in [0.4, 0.5) is 5.69 Å². The SMILES string of the molecule is CC(=O)Nc1ccc(CC(=O)NCCCOc2cccc(C)c2)cc1. The predicted octanol–water partition coefficient (Wildman–Crippen LogP) is 3.08.